The van der Waals surface area contributed by atoms with Crippen LogP contribution in [0.2, 0.25) is 0 Å². The lowest BCUT2D eigenvalue weighted by Crippen LogP contribution is -2.25. The third kappa shape index (κ3) is 1.81. The highest BCUT2D eigenvalue weighted by molar-refractivity contribution is 5.97. The lowest BCUT2D eigenvalue weighted by molar-refractivity contribution is -0.117. The second kappa shape index (κ2) is 3.68. The van der Waals surface area contributed by atoms with Gasteiger partial charge in [0.25, 0.3) is 0 Å². The van der Waals surface area contributed by atoms with Crippen molar-refractivity contribution in [2.75, 3.05) is 11.4 Å². The average Bonchev–Trinajstić information content (AvgIpc) is 2.64. The van der Waals surface area contributed by atoms with Gasteiger partial charge in [0.2, 0.25) is 11.8 Å². The first kappa shape index (κ1) is 9.64. The Balaban J connectivity index is 2.32. The average molecular weight is 205 g/mol. The minimum atomic E-state index is -0.509. The van der Waals surface area contributed by atoms with Crippen LogP contribution in [0.15, 0.2) is 18.3 Å². The SMILES string of the molecule is NC(=O)c1ccnc(N2CCCC2=O)c1. The number of hydrogen-bond donors (Lipinski definition) is 1. The molecule has 0 spiro atoms. The second-order valence-electron chi connectivity index (χ2n) is 3.42. The molecule has 1 aromatic rings. The number of pyridine rings is 1. The van der Waals surface area contributed by atoms with Crippen molar-refractivity contribution in [3.63, 3.8) is 0 Å². The smallest absolute Gasteiger partial charge is 0.248 e. The number of carbonyl (C=O) groups is 2. The van der Waals surface area contributed by atoms with Crippen LogP contribution in [-0.4, -0.2) is 23.3 Å². The van der Waals surface area contributed by atoms with Gasteiger partial charge in [0.1, 0.15) is 5.82 Å². The summed E-state index contributed by atoms with van der Waals surface area (Å²) >= 11 is 0. The molecule has 0 unspecified atom stereocenters. The maximum absolute atomic E-state index is 11.4. The van der Waals surface area contributed by atoms with Crippen LogP contribution >= 0.6 is 0 Å². The van der Waals surface area contributed by atoms with E-state index in [1.165, 1.54) is 12.3 Å². The molecule has 1 aromatic heterocycles. The van der Waals surface area contributed by atoms with Gasteiger partial charge in [-0.05, 0) is 18.6 Å². The maximum atomic E-state index is 11.4. The van der Waals surface area contributed by atoms with Crippen LogP contribution in [-0.2, 0) is 4.79 Å². The van der Waals surface area contributed by atoms with Crippen molar-refractivity contribution in [1.82, 2.24) is 4.98 Å². The lowest BCUT2D eigenvalue weighted by Gasteiger charge is -2.14. The van der Waals surface area contributed by atoms with E-state index < -0.39 is 5.91 Å². The van der Waals surface area contributed by atoms with Crippen molar-refractivity contribution in [1.29, 1.82) is 0 Å². The third-order valence-corrected chi connectivity index (χ3v) is 2.38. The summed E-state index contributed by atoms with van der Waals surface area (Å²) in [5, 5.41) is 0. The Labute approximate surface area is 86.9 Å². The molecule has 2 heterocycles. The first-order valence-corrected chi connectivity index (χ1v) is 4.75. The number of carbonyl (C=O) groups excluding carboxylic acids is 2. The number of rotatable bonds is 2. The van der Waals surface area contributed by atoms with Crippen LogP contribution < -0.4 is 10.6 Å². The third-order valence-electron chi connectivity index (χ3n) is 2.38. The van der Waals surface area contributed by atoms with Gasteiger partial charge < -0.3 is 5.73 Å². The highest BCUT2D eigenvalue weighted by Gasteiger charge is 2.22. The van der Waals surface area contributed by atoms with Gasteiger partial charge in [-0.2, -0.15) is 0 Å². The van der Waals surface area contributed by atoms with Crippen LogP contribution in [0.4, 0.5) is 5.82 Å². The summed E-state index contributed by atoms with van der Waals surface area (Å²) < 4.78 is 0. The van der Waals surface area contributed by atoms with Gasteiger partial charge in [0.15, 0.2) is 0 Å². The van der Waals surface area contributed by atoms with Gasteiger partial charge in [0.05, 0.1) is 0 Å². The molecule has 5 heteroatoms. The minimum Gasteiger partial charge on any atom is -0.366 e. The summed E-state index contributed by atoms with van der Waals surface area (Å²) in [6.45, 7) is 0.661. The molecule has 15 heavy (non-hydrogen) atoms. The fraction of sp³-hybridized carbons (Fsp3) is 0.300. The van der Waals surface area contributed by atoms with Gasteiger partial charge in [0, 0.05) is 24.7 Å². The Kier molecular flexibility index (Phi) is 2.37. The molecule has 1 saturated heterocycles. The summed E-state index contributed by atoms with van der Waals surface area (Å²) in [4.78, 5) is 28.0. The molecule has 0 saturated carbocycles. The molecule has 1 aliphatic heterocycles. The Morgan fingerprint density at radius 1 is 1.53 bits per heavy atom. The van der Waals surface area contributed by atoms with Crippen molar-refractivity contribution in [3.8, 4) is 0 Å². The fourth-order valence-corrected chi connectivity index (χ4v) is 1.61. The topological polar surface area (TPSA) is 76.3 Å². The Bertz CT molecular complexity index is 417. The van der Waals surface area contributed by atoms with Crippen molar-refractivity contribution >= 4 is 17.6 Å². The van der Waals surface area contributed by atoms with E-state index in [1.54, 1.807) is 11.0 Å². The summed E-state index contributed by atoms with van der Waals surface area (Å²) in [6.07, 6.45) is 2.87. The molecular formula is C10H11N3O2. The molecule has 1 aliphatic rings. The van der Waals surface area contributed by atoms with E-state index in [0.717, 1.165) is 6.42 Å². The van der Waals surface area contributed by atoms with Crippen molar-refractivity contribution in [2.24, 2.45) is 5.73 Å². The number of hydrogen-bond acceptors (Lipinski definition) is 3. The maximum Gasteiger partial charge on any atom is 0.248 e. The zero-order valence-corrected chi connectivity index (χ0v) is 8.14. The molecule has 2 N–H and O–H groups in total. The van der Waals surface area contributed by atoms with E-state index in [9.17, 15) is 9.59 Å². The van der Waals surface area contributed by atoms with Crippen LogP contribution in [0.25, 0.3) is 0 Å². The summed E-state index contributed by atoms with van der Waals surface area (Å²) in [6, 6.07) is 3.08. The number of nitrogens with two attached hydrogens (primary N) is 1. The van der Waals surface area contributed by atoms with Gasteiger partial charge in [-0.1, -0.05) is 0 Å². The minimum absolute atomic E-state index is 0.0455. The fourth-order valence-electron chi connectivity index (χ4n) is 1.61. The first-order valence-electron chi connectivity index (χ1n) is 4.75. The van der Waals surface area contributed by atoms with Gasteiger partial charge >= 0.3 is 0 Å². The van der Waals surface area contributed by atoms with Gasteiger partial charge in [-0.15, -0.1) is 0 Å². The van der Waals surface area contributed by atoms with Crippen LogP contribution in [0.3, 0.4) is 0 Å². The van der Waals surface area contributed by atoms with Crippen LogP contribution in [0.5, 0.6) is 0 Å². The number of nitrogens with zero attached hydrogens (tertiary/aromatic N) is 2. The van der Waals surface area contributed by atoms with E-state index in [1.807, 2.05) is 0 Å². The zero-order valence-electron chi connectivity index (χ0n) is 8.14. The van der Waals surface area contributed by atoms with E-state index >= 15 is 0 Å². The Morgan fingerprint density at radius 2 is 2.33 bits per heavy atom. The molecule has 2 amide bonds. The molecule has 0 atom stereocenters. The van der Waals surface area contributed by atoms with E-state index in [4.69, 9.17) is 5.73 Å². The highest BCUT2D eigenvalue weighted by atomic mass is 16.2. The predicted octanol–water partition coefficient (Wildman–Crippen LogP) is 0.307. The van der Waals surface area contributed by atoms with E-state index in [0.29, 0.717) is 24.3 Å². The molecule has 0 radical (unpaired) electrons. The Morgan fingerprint density at radius 3 is 2.93 bits per heavy atom. The number of aromatic nitrogens is 1. The summed E-state index contributed by atoms with van der Waals surface area (Å²) in [5.41, 5.74) is 5.52. The largest absolute Gasteiger partial charge is 0.366 e. The van der Waals surface area contributed by atoms with Gasteiger partial charge in [-0.25, -0.2) is 4.98 Å². The highest BCUT2D eigenvalue weighted by Crippen LogP contribution is 2.19. The van der Waals surface area contributed by atoms with Crippen molar-refractivity contribution < 1.29 is 9.59 Å². The van der Waals surface area contributed by atoms with Gasteiger partial charge in [-0.3, -0.25) is 14.5 Å². The molecule has 78 valence electrons. The molecule has 2 rings (SSSR count). The number of anilines is 1. The predicted molar refractivity (Wildman–Crippen MR) is 54.3 cm³/mol. The molecule has 0 aromatic carbocycles. The lowest BCUT2D eigenvalue weighted by atomic mass is 10.2. The van der Waals surface area contributed by atoms with E-state index in [-0.39, 0.29) is 5.91 Å². The van der Waals surface area contributed by atoms with E-state index in [2.05, 4.69) is 4.98 Å². The second-order valence-corrected chi connectivity index (χ2v) is 3.42. The molecule has 5 nitrogen and oxygen atoms in total. The number of primary amides is 1. The quantitative estimate of drug-likeness (QED) is 0.754. The van der Waals surface area contributed by atoms with Crippen molar-refractivity contribution in [3.05, 3.63) is 23.9 Å². The molecule has 1 fully saturated rings. The Hall–Kier alpha value is -1.91. The molecule has 0 bridgehead atoms. The van der Waals surface area contributed by atoms with Crippen LogP contribution in [0.1, 0.15) is 23.2 Å². The molecular weight excluding hydrogens is 194 g/mol. The normalized spacial score (nSPS) is 15.7. The molecule has 0 aliphatic carbocycles. The zero-order chi connectivity index (χ0) is 10.8. The summed E-state index contributed by atoms with van der Waals surface area (Å²) in [5.74, 6) is 0.0446. The first-order chi connectivity index (χ1) is 7.18. The monoisotopic (exact) mass is 205 g/mol. The standard InChI is InChI=1S/C10H11N3O2/c11-10(15)7-3-4-12-8(6-7)13-5-1-2-9(13)14/h3-4,6H,1-2,5H2,(H2,11,15). The summed E-state index contributed by atoms with van der Waals surface area (Å²) in [7, 11) is 0. The number of amides is 2. The van der Waals surface area contributed by atoms with Crippen LogP contribution in [0, 0.1) is 0 Å². The van der Waals surface area contributed by atoms with Crippen molar-refractivity contribution in [2.45, 2.75) is 12.8 Å².